The number of morpholine rings is 1. The van der Waals surface area contributed by atoms with Crippen molar-refractivity contribution in [3.8, 4) is 23.0 Å². The minimum atomic E-state index is -4.87. The van der Waals surface area contributed by atoms with Crippen LogP contribution in [0, 0.1) is 49.1 Å². The number of benzene rings is 2. The molecule has 14 heteroatoms. The predicted molar refractivity (Wildman–Crippen MR) is 185 cm³/mol. The zero-order valence-electron chi connectivity index (χ0n) is 30.0. The van der Waals surface area contributed by atoms with Gasteiger partial charge in [-0.15, -0.1) is 5.92 Å². The van der Waals surface area contributed by atoms with Crippen LogP contribution in [0.25, 0.3) is 11.1 Å². The first-order valence-electron chi connectivity index (χ1n) is 17.3. The number of carboxylic acid groups (broad SMARTS) is 1. The number of aromatic nitrogens is 1. The number of nitrogens with zero attached hydrogens (tertiary/aromatic N) is 2. The Morgan fingerprint density at radius 2 is 1.66 bits per heavy atom. The van der Waals surface area contributed by atoms with Crippen LogP contribution in [0.3, 0.4) is 0 Å². The standard InChI is InChI=1S/C39H41F6N3O5/c1-6-7-23-13-29(41)36(37(42)35(23)34-21(4)11-25(40)12-22(34)5)30(16-33(50)51)46-38(52)31(10-20(2)3)48-17-24(28(15-32(48)49)39(43,44)45)8-9-47-18-26-14-27(19-47)53-26/h11-13,15,17,20,26-27,30-31H,8-10,14,16,18-19H2,1-5H3,(H,46,52)(H,50,51). The largest absolute Gasteiger partial charge is 0.481 e. The van der Waals surface area contributed by atoms with Crippen molar-refractivity contribution in [3.05, 3.63) is 91.6 Å². The number of hydrogen-bond acceptors (Lipinski definition) is 5. The quantitative estimate of drug-likeness (QED) is 0.155. The molecule has 0 saturated carbocycles. The molecular weight excluding hydrogens is 704 g/mol. The Morgan fingerprint density at radius 3 is 2.21 bits per heavy atom. The SMILES string of the molecule is CC#Cc1cc(F)c(C(CC(=O)O)NC(=O)C(CC(C)C)n2cc(CCN3CC4CC(C3)O4)c(C(F)(F)F)cc2=O)c(F)c1-c1c(C)cc(F)cc1C. The Hall–Kier alpha value is -4.61. The minimum Gasteiger partial charge on any atom is -0.481 e. The molecule has 0 aliphatic carbocycles. The van der Waals surface area contributed by atoms with E-state index in [0.29, 0.717) is 19.2 Å². The van der Waals surface area contributed by atoms with Crippen molar-refractivity contribution in [1.29, 1.82) is 0 Å². The van der Waals surface area contributed by atoms with Crippen molar-refractivity contribution in [1.82, 2.24) is 14.8 Å². The second-order valence-electron chi connectivity index (χ2n) is 14.2. The molecule has 8 nitrogen and oxygen atoms in total. The van der Waals surface area contributed by atoms with E-state index in [9.17, 15) is 37.1 Å². The van der Waals surface area contributed by atoms with Gasteiger partial charge in [0, 0.05) is 55.0 Å². The molecule has 4 atom stereocenters. The number of carbonyl (C=O) groups is 2. The third-order valence-corrected chi connectivity index (χ3v) is 9.64. The third kappa shape index (κ3) is 8.79. The van der Waals surface area contributed by atoms with Crippen LogP contribution >= 0.6 is 0 Å². The molecule has 3 aromatic rings. The van der Waals surface area contributed by atoms with E-state index in [0.717, 1.165) is 35.4 Å². The van der Waals surface area contributed by atoms with Gasteiger partial charge in [0.1, 0.15) is 23.5 Å². The topological polar surface area (TPSA) is 101 Å². The van der Waals surface area contributed by atoms with Gasteiger partial charge >= 0.3 is 12.1 Å². The van der Waals surface area contributed by atoms with E-state index in [1.54, 1.807) is 13.8 Å². The van der Waals surface area contributed by atoms with Gasteiger partial charge in [-0.2, -0.15) is 13.2 Å². The summed E-state index contributed by atoms with van der Waals surface area (Å²) in [7, 11) is 0. The van der Waals surface area contributed by atoms with Gasteiger partial charge in [-0.1, -0.05) is 19.8 Å². The number of aryl methyl sites for hydroxylation is 2. The summed E-state index contributed by atoms with van der Waals surface area (Å²) in [5.41, 5.74) is -2.85. The van der Waals surface area contributed by atoms with E-state index < -0.39 is 70.7 Å². The van der Waals surface area contributed by atoms with Crippen molar-refractivity contribution in [2.24, 2.45) is 5.92 Å². The first kappa shape index (κ1) is 39.6. The number of aliphatic carboxylic acids is 1. The zero-order valence-corrected chi connectivity index (χ0v) is 30.0. The molecule has 53 heavy (non-hydrogen) atoms. The summed E-state index contributed by atoms with van der Waals surface area (Å²) in [5, 5.41) is 12.2. The molecule has 0 radical (unpaired) electrons. The summed E-state index contributed by atoms with van der Waals surface area (Å²) in [6.07, 6.45) is -4.11. The molecule has 1 aromatic heterocycles. The summed E-state index contributed by atoms with van der Waals surface area (Å²) in [6, 6.07) is 0.335. The van der Waals surface area contributed by atoms with Gasteiger partial charge in [0.25, 0.3) is 5.56 Å². The molecule has 4 heterocycles. The lowest BCUT2D eigenvalue weighted by Gasteiger charge is -2.47. The van der Waals surface area contributed by atoms with Crippen LogP contribution in [0.15, 0.2) is 35.3 Å². The normalized spacial score (nSPS) is 18.2. The number of carbonyl (C=O) groups excluding carboxylic acids is 1. The van der Waals surface area contributed by atoms with E-state index in [1.807, 2.05) is 4.90 Å². The minimum absolute atomic E-state index is 0.0212. The molecule has 6 rings (SSSR count). The second-order valence-corrected chi connectivity index (χ2v) is 14.2. The third-order valence-electron chi connectivity index (χ3n) is 9.64. The van der Waals surface area contributed by atoms with E-state index in [4.69, 9.17) is 4.74 Å². The number of carboxylic acids is 1. The number of fused-ring (bicyclic) bond motifs is 2. The smallest absolute Gasteiger partial charge is 0.416 e. The molecule has 3 aliphatic heterocycles. The Kier molecular flexibility index (Phi) is 11.8. The number of ether oxygens (including phenoxy) is 1. The monoisotopic (exact) mass is 745 g/mol. The maximum absolute atomic E-state index is 16.8. The van der Waals surface area contributed by atoms with Gasteiger partial charge in [0.2, 0.25) is 5.91 Å². The van der Waals surface area contributed by atoms with Crippen LogP contribution in [-0.4, -0.2) is 58.3 Å². The van der Waals surface area contributed by atoms with Crippen LogP contribution < -0.4 is 10.9 Å². The zero-order chi connectivity index (χ0) is 38.9. The number of halogens is 6. The van der Waals surface area contributed by atoms with E-state index in [2.05, 4.69) is 17.2 Å². The second kappa shape index (κ2) is 15.8. The molecule has 2 N–H and O–H groups in total. The average molecular weight is 746 g/mol. The van der Waals surface area contributed by atoms with Crippen molar-refractivity contribution in [3.63, 3.8) is 0 Å². The molecule has 4 unspecified atom stereocenters. The molecule has 284 valence electrons. The number of rotatable bonds is 12. The molecule has 3 saturated heterocycles. The van der Waals surface area contributed by atoms with Gasteiger partial charge in [0.15, 0.2) is 0 Å². The Bertz CT molecular complexity index is 1990. The van der Waals surface area contributed by atoms with Crippen LogP contribution in [-0.2, 0) is 26.9 Å². The Labute approximate surface area is 303 Å². The predicted octanol–water partition coefficient (Wildman–Crippen LogP) is 6.87. The van der Waals surface area contributed by atoms with Crippen molar-refractivity contribution >= 4 is 11.9 Å². The maximum Gasteiger partial charge on any atom is 0.416 e. The van der Waals surface area contributed by atoms with Crippen LogP contribution in [0.5, 0.6) is 0 Å². The first-order valence-corrected chi connectivity index (χ1v) is 17.3. The lowest BCUT2D eigenvalue weighted by atomic mass is 9.88. The molecule has 1 amide bonds. The summed E-state index contributed by atoms with van der Waals surface area (Å²) in [4.78, 5) is 41.5. The van der Waals surface area contributed by atoms with Gasteiger partial charge in [-0.25, -0.2) is 13.2 Å². The number of pyridine rings is 1. The average Bonchev–Trinajstić information content (AvgIpc) is 3.03. The summed E-state index contributed by atoms with van der Waals surface area (Å²) in [6.45, 7) is 9.25. The molecule has 2 aromatic carbocycles. The number of amides is 1. The fourth-order valence-electron chi connectivity index (χ4n) is 7.40. The van der Waals surface area contributed by atoms with E-state index in [1.165, 1.54) is 20.8 Å². The van der Waals surface area contributed by atoms with Gasteiger partial charge < -0.3 is 19.7 Å². The fraction of sp³-hybridized carbons (Fsp3) is 0.462. The summed E-state index contributed by atoms with van der Waals surface area (Å²) < 4.78 is 96.0. The van der Waals surface area contributed by atoms with E-state index in [-0.39, 0.29) is 70.9 Å². The van der Waals surface area contributed by atoms with Crippen molar-refractivity contribution in [2.45, 2.75) is 90.8 Å². The summed E-state index contributed by atoms with van der Waals surface area (Å²) in [5.74, 6) is -0.690. The summed E-state index contributed by atoms with van der Waals surface area (Å²) >= 11 is 0. The van der Waals surface area contributed by atoms with Crippen molar-refractivity contribution < 1.29 is 45.8 Å². The highest BCUT2D eigenvalue weighted by Crippen LogP contribution is 2.39. The molecule has 3 aliphatic rings. The van der Waals surface area contributed by atoms with Gasteiger partial charge in [0.05, 0.1) is 30.2 Å². The van der Waals surface area contributed by atoms with Gasteiger partial charge in [-0.05, 0) is 80.0 Å². The van der Waals surface area contributed by atoms with Crippen molar-refractivity contribution in [2.75, 3.05) is 19.6 Å². The van der Waals surface area contributed by atoms with Gasteiger partial charge in [-0.3, -0.25) is 19.3 Å². The number of alkyl halides is 3. The highest BCUT2D eigenvalue weighted by atomic mass is 19.4. The number of nitrogens with one attached hydrogen (secondary N) is 1. The molecule has 3 fully saturated rings. The lowest BCUT2D eigenvalue weighted by molar-refractivity contribution is -0.180. The highest BCUT2D eigenvalue weighted by molar-refractivity contribution is 5.83. The Morgan fingerprint density at radius 1 is 1.04 bits per heavy atom. The van der Waals surface area contributed by atoms with Crippen LogP contribution in [0.4, 0.5) is 26.3 Å². The molecular formula is C39H41F6N3O5. The van der Waals surface area contributed by atoms with Crippen LogP contribution in [0.2, 0.25) is 0 Å². The van der Waals surface area contributed by atoms with Crippen LogP contribution in [0.1, 0.15) is 85.5 Å². The Balaban J connectivity index is 1.57. The molecule has 2 bridgehead atoms. The number of piperidine rings is 1. The maximum atomic E-state index is 16.8. The lowest BCUT2D eigenvalue weighted by Crippen LogP contribution is -2.57. The molecule has 0 spiro atoms. The van der Waals surface area contributed by atoms with E-state index >= 15 is 8.78 Å². The first-order chi connectivity index (χ1) is 24.9. The highest BCUT2D eigenvalue weighted by Gasteiger charge is 2.40. The number of hydrogen-bond donors (Lipinski definition) is 2. The fourth-order valence-corrected chi connectivity index (χ4v) is 7.40.